The van der Waals surface area contributed by atoms with Crippen LogP contribution in [0.15, 0.2) is 63.7 Å². The van der Waals surface area contributed by atoms with Gasteiger partial charge in [0.05, 0.1) is 16.6 Å². The standard InChI is InChI=1S/C24H20N4O3/c1-4-8-17-11-19(10-9-15(17)5-1)29-14-21-26-27-23(30-21)18-12-20-22(16-6-2-3-7-16)28-31-24(20)25-13-18/h1,4-5,8-13,16H,2-3,6-7,14H2. The van der Waals surface area contributed by atoms with Crippen LogP contribution in [0.1, 0.15) is 43.2 Å². The molecule has 0 N–H and O–H groups in total. The van der Waals surface area contributed by atoms with Crippen molar-refractivity contribution in [1.82, 2.24) is 20.3 Å². The van der Waals surface area contributed by atoms with Crippen molar-refractivity contribution in [3.05, 3.63) is 66.3 Å². The van der Waals surface area contributed by atoms with E-state index in [1.165, 1.54) is 18.2 Å². The maximum Gasteiger partial charge on any atom is 0.257 e. The van der Waals surface area contributed by atoms with Gasteiger partial charge in [0, 0.05) is 12.1 Å². The van der Waals surface area contributed by atoms with Crippen molar-refractivity contribution in [2.24, 2.45) is 0 Å². The average molecular weight is 412 g/mol. The largest absolute Gasteiger partial charge is 0.484 e. The van der Waals surface area contributed by atoms with E-state index in [1.54, 1.807) is 6.20 Å². The van der Waals surface area contributed by atoms with Crippen molar-refractivity contribution in [3.63, 3.8) is 0 Å². The fourth-order valence-corrected chi connectivity index (χ4v) is 4.29. The Hall–Kier alpha value is -3.74. The molecule has 0 atom stereocenters. The van der Waals surface area contributed by atoms with E-state index in [1.807, 2.05) is 36.4 Å². The third-order valence-electron chi connectivity index (χ3n) is 5.90. The lowest BCUT2D eigenvalue weighted by Gasteiger charge is -2.05. The fourth-order valence-electron chi connectivity index (χ4n) is 4.29. The lowest BCUT2D eigenvalue weighted by molar-refractivity contribution is 0.265. The van der Waals surface area contributed by atoms with E-state index in [0.29, 0.717) is 23.4 Å². The van der Waals surface area contributed by atoms with Gasteiger partial charge in [0.1, 0.15) is 5.75 Å². The molecule has 3 aromatic heterocycles. The summed E-state index contributed by atoms with van der Waals surface area (Å²) in [7, 11) is 0. The summed E-state index contributed by atoms with van der Waals surface area (Å²) in [5, 5.41) is 15.8. The number of benzene rings is 2. The van der Waals surface area contributed by atoms with E-state index < -0.39 is 0 Å². The van der Waals surface area contributed by atoms with Gasteiger partial charge in [0.2, 0.25) is 5.89 Å². The van der Waals surface area contributed by atoms with E-state index >= 15 is 0 Å². The summed E-state index contributed by atoms with van der Waals surface area (Å²) in [6.07, 6.45) is 6.42. The summed E-state index contributed by atoms with van der Waals surface area (Å²) >= 11 is 0. The zero-order valence-electron chi connectivity index (χ0n) is 16.8. The van der Waals surface area contributed by atoms with Gasteiger partial charge >= 0.3 is 0 Å². The van der Waals surface area contributed by atoms with Crippen LogP contribution in [0.3, 0.4) is 0 Å². The Bertz CT molecular complexity index is 1370. The van der Waals surface area contributed by atoms with E-state index in [4.69, 9.17) is 13.7 Å². The maximum absolute atomic E-state index is 5.86. The van der Waals surface area contributed by atoms with Gasteiger partial charge in [-0.15, -0.1) is 10.2 Å². The summed E-state index contributed by atoms with van der Waals surface area (Å²) in [4.78, 5) is 4.39. The molecule has 0 radical (unpaired) electrons. The van der Waals surface area contributed by atoms with Crippen LogP contribution in [0.4, 0.5) is 0 Å². The third kappa shape index (κ3) is 3.42. The first kappa shape index (κ1) is 18.1. The summed E-state index contributed by atoms with van der Waals surface area (Å²) < 4.78 is 17.1. The zero-order chi connectivity index (χ0) is 20.6. The summed E-state index contributed by atoms with van der Waals surface area (Å²) in [5.74, 6) is 2.01. The minimum absolute atomic E-state index is 0.196. The van der Waals surface area contributed by atoms with Gasteiger partial charge in [-0.05, 0) is 41.8 Å². The molecule has 7 nitrogen and oxygen atoms in total. The quantitative estimate of drug-likeness (QED) is 0.368. The Morgan fingerprint density at radius 2 is 1.84 bits per heavy atom. The SMILES string of the molecule is c1ccc2cc(OCc3nnc(-c4cnc5onc(C6CCCC6)c5c4)o3)ccc2c1. The molecule has 7 heteroatoms. The number of aromatic nitrogens is 4. The van der Waals surface area contributed by atoms with Crippen LogP contribution in [0.2, 0.25) is 0 Å². The fraction of sp³-hybridized carbons (Fsp3) is 0.250. The molecule has 1 fully saturated rings. The number of rotatable bonds is 5. The molecule has 0 bridgehead atoms. The number of pyridine rings is 1. The highest BCUT2D eigenvalue weighted by Crippen LogP contribution is 2.37. The molecular formula is C24H20N4O3. The zero-order valence-corrected chi connectivity index (χ0v) is 16.8. The molecule has 5 aromatic rings. The molecular weight excluding hydrogens is 392 g/mol. The van der Waals surface area contributed by atoms with Gasteiger partial charge in [-0.3, -0.25) is 0 Å². The minimum Gasteiger partial charge on any atom is -0.484 e. The first-order valence-corrected chi connectivity index (χ1v) is 10.5. The molecule has 0 unspecified atom stereocenters. The molecule has 1 aliphatic rings. The summed E-state index contributed by atoms with van der Waals surface area (Å²) in [6.45, 7) is 0.196. The predicted octanol–water partition coefficient (Wildman–Crippen LogP) is 5.66. The van der Waals surface area contributed by atoms with Crippen molar-refractivity contribution in [1.29, 1.82) is 0 Å². The van der Waals surface area contributed by atoms with Crippen LogP contribution in [0.25, 0.3) is 33.3 Å². The van der Waals surface area contributed by atoms with E-state index in [0.717, 1.165) is 40.6 Å². The van der Waals surface area contributed by atoms with Crippen molar-refractivity contribution in [3.8, 4) is 17.2 Å². The third-order valence-corrected chi connectivity index (χ3v) is 5.90. The molecule has 0 saturated heterocycles. The van der Waals surface area contributed by atoms with E-state index in [9.17, 15) is 0 Å². The second kappa shape index (κ2) is 7.50. The monoisotopic (exact) mass is 412 g/mol. The molecule has 6 rings (SSSR count). The normalized spacial score (nSPS) is 14.6. The highest BCUT2D eigenvalue weighted by molar-refractivity contribution is 5.83. The number of hydrogen-bond acceptors (Lipinski definition) is 7. The number of nitrogens with zero attached hydrogens (tertiary/aromatic N) is 4. The Morgan fingerprint density at radius 1 is 0.968 bits per heavy atom. The topological polar surface area (TPSA) is 87.1 Å². The first-order chi connectivity index (χ1) is 15.3. The Kier molecular flexibility index (Phi) is 4.37. The first-order valence-electron chi connectivity index (χ1n) is 10.5. The second-order valence-corrected chi connectivity index (χ2v) is 7.92. The van der Waals surface area contributed by atoms with Gasteiger partial charge in [0.15, 0.2) is 6.61 Å². The number of fused-ring (bicyclic) bond motifs is 2. The Labute approximate surface area is 178 Å². The highest BCUT2D eigenvalue weighted by atomic mass is 16.5. The van der Waals surface area contributed by atoms with Gasteiger partial charge in [-0.1, -0.05) is 48.3 Å². The van der Waals surface area contributed by atoms with Crippen molar-refractivity contribution in [2.75, 3.05) is 0 Å². The number of ether oxygens (including phenoxy) is 1. The molecule has 154 valence electrons. The van der Waals surface area contributed by atoms with Gasteiger partial charge in [-0.25, -0.2) is 4.98 Å². The predicted molar refractivity (Wildman–Crippen MR) is 115 cm³/mol. The maximum atomic E-state index is 5.86. The smallest absolute Gasteiger partial charge is 0.257 e. The highest BCUT2D eigenvalue weighted by Gasteiger charge is 2.24. The van der Waals surface area contributed by atoms with E-state index in [2.05, 4.69) is 32.5 Å². The lowest BCUT2D eigenvalue weighted by Crippen LogP contribution is -1.95. The second-order valence-electron chi connectivity index (χ2n) is 7.92. The average Bonchev–Trinajstić information content (AvgIpc) is 3.57. The molecule has 3 heterocycles. The molecule has 0 amide bonds. The molecule has 0 spiro atoms. The lowest BCUT2D eigenvalue weighted by atomic mass is 10.0. The van der Waals surface area contributed by atoms with Crippen LogP contribution in [0.5, 0.6) is 5.75 Å². The van der Waals surface area contributed by atoms with Crippen LogP contribution >= 0.6 is 0 Å². The van der Waals surface area contributed by atoms with Crippen molar-refractivity contribution >= 4 is 21.9 Å². The minimum atomic E-state index is 0.196. The van der Waals surface area contributed by atoms with E-state index in [-0.39, 0.29) is 6.61 Å². The molecule has 0 aliphatic heterocycles. The summed E-state index contributed by atoms with van der Waals surface area (Å²) in [5.41, 5.74) is 2.28. The Morgan fingerprint density at radius 3 is 2.74 bits per heavy atom. The molecule has 31 heavy (non-hydrogen) atoms. The Balaban J connectivity index is 1.22. The molecule has 2 aromatic carbocycles. The van der Waals surface area contributed by atoms with Crippen LogP contribution in [-0.4, -0.2) is 20.3 Å². The van der Waals surface area contributed by atoms with Crippen molar-refractivity contribution in [2.45, 2.75) is 38.2 Å². The van der Waals surface area contributed by atoms with Crippen LogP contribution in [-0.2, 0) is 6.61 Å². The molecule has 1 saturated carbocycles. The van der Waals surface area contributed by atoms with Gasteiger partial charge in [0.25, 0.3) is 11.6 Å². The number of hydrogen-bond donors (Lipinski definition) is 0. The summed E-state index contributed by atoms with van der Waals surface area (Å²) in [6, 6.07) is 16.1. The van der Waals surface area contributed by atoms with Crippen molar-refractivity contribution < 1.29 is 13.7 Å². The van der Waals surface area contributed by atoms with Gasteiger partial charge < -0.3 is 13.7 Å². The van der Waals surface area contributed by atoms with Gasteiger partial charge in [-0.2, -0.15) is 0 Å². The molecule has 1 aliphatic carbocycles. The van der Waals surface area contributed by atoms with Crippen LogP contribution in [0, 0.1) is 0 Å². The van der Waals surface area contributed by atoms with Crippen LogP contribution < -0.4 is 4.74 Å².